The Morgan fingerprint density at radius 2 is 1.69 bits per heavy atom. The van der Waals surface area contributed by atoms with Crippen molar-refractivity contribution in [1.82, 2.24) is 14.9 Å². The lowest BCUT2D eigenvalue weighted by molar-refractivity contribution is -0.121. The minimum Gasteiger partial charge on any atom is -0.497 e. The van der Waals surface area contributed by atoms with Crippen molar-refractivity contribution < 1.29 is 14.3 Å². The first kappa shape index (κ1) is 21.6. The highest BCUT2D eigenvalue weighted by Crippen LogP contribution is 2.31. The molecule has 164 valence electrons. The smallest absolute Gasteiger partial charge is 0.271 e. The van der Waals surface area contributed by atoms with Gasteiger partial charge in [0.25, 0.3) is 5.56 Å². The van der Waals surface area contributed by atoms with Crippen molar-refractivity contribution in [1.29, 1.82) is 0 Å². The Morgan fingerprint density at radius 3 is 2.34 bits per heavy atom. The summed E-state index contributed by atoms with van der Waals surface area (Å²) in [5.41, 5.74) is 2.49. The van der Waals surface area contributed by atoms with Crippen molar-refractivity contribution in [3.63, 3.8) is 0 Å². The molecule has 7 nitrogen and oxygen atoms in total. The summed E-state index contributed by atoms with van der Waals surface area (Å²) < 4.78 is 12.2. The van der Waals surface area contributed by atoms with Crippen molar-refractivity contribution in [3.05, 3.63) is 76.8 Å². The topological polar surface area (TPSA) is 82.4 Å². The quantitative estimate of drug-likeness (QED) is 0.445. The average Bonchev–Trinajstić information content (AvgIpc) is 3.27. The first-order valence-electron chi connectivity index (χ1n) is 10.1. The minimum absolute atomic E-state index is 0.0693. The van der Waals surface area contributed by atoms with Gasteiger partial charge in [0.05, 0.1) is 26.1 Å². The molecule has 8 heteroatoms. The van der Waals surface area contributed by atoms with Crippen LogP contribution >= 0.6 is 11.3 Å². The SMILES string of the molecule is COc1ccc(CCNC(=O)Cn2cnc3cc(-c4ccc(OC)cc4)sc3c2=O)cc1. The van der Waals surface area contributed by atoms with Gasteiger partial charge in [-0.05, 0) is 60.0 Å². The maximum absolute atomic E-state index is 12.9. The van der Waals surface area contributed by atoms with Crippen LogP contribution in [-0.2, 0) is 17.8 Å². The van der Waals surface area contributed by atoms with E-state index in [0.717, 1.165) is 27.5 Å². The van der Waals surface area contributed by atoms with Gasteiger partial charge in [-0.1, -0.05) is 12.1 Å². The number of carbonyl (C=O) groups excluding carboxylic acids is 1. The fourth-order valence-corrected chi connectivity index (χ4v) is 4.37. The van der Waals surface area contributed by atoms with Crippen molar-refractivity contribution >= 4 is 27.5 Å². The van der Waals surface area contributed by atoms with E-state index in [9.17, 15) is 9.59 Å². The molecule has 2 aromatic carbocycles. The van der Waals surface area contributed by atoms with E-state index in [2.05, 4.69) is 10.3 Å². The van der Waals surface area contributed by atoms with Gasteiger partial charge in [-0.2, -0.15) is 0 Å². The largest absolute Gasteiger partial charge is 0.497 e. The Hall–Kier alpha value is -3.65. The van der Waals surface area contributed by atoms with Gasteiger partial charge >= 0.3 is 0 Å². The molecule has 0 radical (unpaired) electrons. The lowest BCUT2D eigenvalue weighted by Crippen LogP contribution is -2.33. The maximum atomic E-state index is 12.9. The second-order valence-electron chi connectivity index (χ2n) is 7.18. The van der Waals surface area contributed by atoms with E-state index in [1.54, 1.807) is 14.2 Å². The molecule has 0 aliphatic carbocycles. The summed E-state index contributed by atoms with van der Waals surface area (Å²) in [6.45, 7) is 0.413. The van der Waals surface area contributed by atoms with E-state index in [0.29, 0.717) is 23.2 Å². The Bertz CT molecular complexity index is 1280. The molecule has 0 fully saturated rings. The molecule has 4 rings (SSSR count). The molecule has 0 atom stereocenters. The zero-order valence-corrected chi connectivity index (χ0v) is 18.6. The molecule has 0 aliphatic heterocycles. The summed E-state index contributed by atoms with van der Waals surface area (Å²) in [7, 11) is 3.25. The third kappa shape index (κ3) is 4.81. The Labute approximate surface area is 189 Å². The van der Waals surface area contributed by atoms with Crippen LogP contribution < -0.4 is 20.3 Å². The highest BCUT2D eigenvalue weighted by Gasteiger charge is 2.12. The van der Waals surface area contributed by atoms with Gasteiger partial charge in [-0.3, -0.25) is 14.2 Å². The number of rotatable bonds is 8. The molecule has 0 saturated heterocycles. The molecule has 0 aliphatic rings. The zero-order chi connectivity index (χ0) is 22.5. The number of hydrogen-bond acceptors (Lipinski definition) is 6. The van der Waals surface area contributed by atoms with Crippen LogP contribution in [0.25, 0.3) is 20.7 Å². The number of thiophene rings is 1. The van der Waals surface area contributed by atoms with E-state index >= 15 is 0 Å². The maximum Gasteiger partial charge on any atom is 0.271 e. The summed E-state index contributed by atoms with van der Waals surface area (Å²) in [5, 5.41) is 2.86. The van der Waals surface area contributed by atoms with Gasteiger partial charge in [-0.25, -0.2) is 4.98 Å². The lowest BCUT2D eigenvalue weighted by Gasteiger charge is -2.08. The Kier molecular flexibility index (Phi) is 6.51. The average molecular weight is 450 g/mol. The van der Waals surface area contributed by atoms with Crippen LogP contribution in [0.2, 0.25) is 0 Å². The number of aromatic nitrogens is 2. The van der Waals surface area contributed by atoms with E-state index in [1.807, 2.05) is 54.6 Å². The number of amides is 1. The number of nitrogens with zero attached hydrogens (tertiary/aromatic N) is 2. The number of hydrogen-bond donors (Lipinski definition) is 1. The summed E-state index contributed by atoms with van der Waals surface area (Å²) in [5.74, 6) is 1.34. The van der Waals surface area contributed by atoms with Gasteiger partial charge in [0.1, 0.15) is 22.7 Å². The fraction of sp³-hybridized carbons (Fsp3) is 0.208. The van der Waals surface area contributed by atoms with E-state index < -0.39 is 0 Å². The molecule has 2 heterocycles. The van der Waals surface area contributed by atoms with Crippen molar-refractivity contribution in [2.75, 3.05) is 20.8 Å². The summed E-state index contributed by atoms with van der Waals surface area (Å²) >= 11 is 1.37. The number of nitrogens with one attached hydrogen (secondary N) is 1. The molecule has 0 bridgehead atoms. The second-order valence-corrected chi connectivity index (χ2v) is 8.23. The van der Waals surface area contributed by atoms with E-state index in [4.69, 9.17) is 9.47 Å². The molecule has 32 heavy (non-hydrogen) atoms. The predicted octanol–water partition coefficient (Wildman–Crippen LogP) is 3.50. The molecular weight excluding hydrogens is 426 g/mol. The van der Waals surface area contributed by atoms with Crippen LogP contribution in [0.15, 0.2) is 65.7 Å². The number of ether oxygens (including phenoxy) is 2. The van der Waals surface area contributed by atoms with E-state index in [-0.39, 0.29) is 18.0 Å². The monoisotopic (exact) mass is 449 g/mol. The Balaban J connectivity index is 1.41. The van der Waals surface area contributed by atoms with Crippen LogP contribution in [0.1, 0.15) is 5.56 Å². The standard InChI is InChI=1S/C24H23N3O4S/c1-30-18-7-3-16(4-8-18)11-12-25-22(28)14-27-15-26-20-13-21(32-23(20)24(27)29)17-5-9-19(31-2)10-6-17/h3-10,13,15H,11-12,14H2,1-2H3,(H,25,28). The van der Waals surface area contributed by atoms with Crippen LogP contribution in [0.3, 0.4) is 0 Å². The third-order valence-corrected chi connectivity index (χ3v) is 6.25. The number of methoxy groups -OCH3 is 2. The van der Waals surface area contributed by atoms with Crippen molar-refractivity contribution in [3.8, 4) is 21.9 Å². The Morgan fingerprint density at radius 1 is 1.03 bits per heavy atom. The first-order valence-corrected chi connectivity index (χ1v) is 10.9. The first-order chi connectivity index (χ1) is 15.6. The van der Waals surface area contributed by atoms with Gasteiger partial charge in [0.2, 0.25) is 5.91 Å². The molecule has 0 spiro atoms. The van der Waals surface area contributed by atoms with E-state index in [1.165, 1.54) is 22.2 Å². The predicted molar refractivity (Wildman–Crippen MR) is 126 cm³/mol. The van der Waals surface area contributed by atoms with Gasteiger partial charge in [0.15, 0.2) is 0 Å². The molecule has 2 aromatic heterocycles. The fourth-order valence-electron chi connectivity index (χ4n) is 3.30. The van der Waals surface area contributed by atoms with Gasteiger partial charge in [0, 0.05) is 11.4 Å². The highest BCUT2D eigenvalue weighted by molar-refractivity contribution is 7.22. The minimum atomic E-state index is -0.228. The molecule has 0 unspecified atom stereocenters. The van der Waals surface area contributed by atoms with Crippen LogP contribution in [0.5, 0.6) is 11.5 Å². The summed E-state index contributed by atoms with van der Waals surface area (Å²) in [6, 6.07) is 17.2. The second kappa shape index (κ2) is 9.65. The molecule has 1 N–H and O–H groups in total. The normalized spacial score (nSPS) is 10.8. The summed E-state index contributed by atoms with van der Waals surface area (Å²) in [4.78, 5) is 30.6. The number of fused-ring (bicyclic) bond motifs is 1. The van der Waals surface area contributed by atoms with Gasteiger partial charge in [-0.15, -0.1) is 11.3 Å². The molecule has 1 amide bonds. The number of carbonyl (C=O) groups is 1. The summed E-state index contributed by atoms with van der Waals surface area (Å²) in [6.07, 6.45) is 2.12. The third-order valence-electron chi connectivity index (χ3n) is 5.09. The molecular formula is C24H23N3O4S. The van der Waals surface area contributed by atoms with Crippen LogP contribution in [0, 0.1) is 0 Å². The zero-order valence-electron chi connectivity index (χ0n) is 17.8. The van der Waals surface area contributed by atoms with Crippen LogP contribution in [0.4, 0.5) is 0 Å². The molecule has 4 aromatic rings. The lowest BCUT2D eigenvalue weighted by atomic mass is 10.1. The highest BCUT2D eigenvalue weighted by atomic mass is 32.1. The molecule has 0 saturated carbocycles. The number of benzene rings is 2. The van der Waals surface area contributed by atoms with Crippen molar-refractivity contribution in [2.24, 2.45) is 0 Å². The van der Waals surface area contributed by atoms with Crippen LogP contribution in [-0.4, -0.2) is 36.2 Å². The van der Waals surface area contributed by atoms with Gasteiger partial charge < -0.3 is 14.8 Å². The van der Waals surface area contributed by atoms with Crippen molar-refractivity contribution in [2.45, 2.75) is 13.0 Å².